The molecule has 9 heteroatoms. The summed E-state index contributed by atoms with van der Waals surface area (Å²) in [5.41, 5.74) is -0.232. The lowest BCUT2D eigenvalue weighted by Gasteiger charge is -2.51. The molecule has 176 valence electrons. The van der Waals surface area contributed by atoms with Gasteiger partial charge in [0.15, 0.2) is 0 Å². The average Bonchev–Trinajstić information content (AvgIpc) is 3.28. The Bertz CT molecular complexity index is 641. The fraction of sp³-hybridized carbons (Fsp3) is 0.857. The van der Waals surface area contributed by atoms with Crippen LogP contribution in [0.5, 0.6) is 0 Å². The number of rotatable bonds is 9. The molecule has 1 saturated carbocycles. The van der Waals surface area contributed by atoms with Crippen LogP contribution in [0.4, 0.5) is 4.79 Å². The van der Waals surface area contributed by atoms with E-state index in [4.69, 9.17) is 25.8 Å². The maximum Gasteiger partial charge on any atom is 0.407 e. The molecule has 6 nitrogen and oxygen atoms in total. The fourth-order valence-electron chi connectivity index (χ4n) is 4.76. The Labute approximate surface area is 199 Å². The van der Waals surface area contributed by atoms with Crippen molar-refractivity contribution < 1.29 is 24.1 Å². The molecule has 6 unspecified atom stereocenters. The summed E-state index contributed by atoms with van der Waals surface area (Å²) in [6, 6.07) is 0. The van der Waals surface area contributed by atoms with E-state index in [9.17, 15) is 9.90 Å². The highest BCUT2D eigenvalue weighted by Crippen LogP contribution is 2.60. The molecule has 2 rings (SSSR count). The Balaban J connectivity index is 2.30. The number of aliphatic hydroxyl groups is 1. The maximum absolute atomic E-state index is 12.2. The van der Waals surface area contributed by atoms with E-state index in [0.717, 1.165) is 6.42 Å². The number of epoxide rings is 1. The highest BCUT2D eigenvalue weighted by Gasteiger charge is 2.68. The molecule has 0 aromatic carbocycles. The zero-order valence-corrected chi connectivity index (χ0v) is 22.6. The first kappa shape index (κ1) is 26.5. The van der Waals surface area contributed by atoms with Gasteiger partial charge in [-0.15, -0.1) is 11.6 Å². The van der Waals surface area contributed by atoms with Crippen LogP contribution in [0, 0.1) is 5.92 Å². The number of carbonyl (C=O) groups is 1. The van der Waals surface area contributed by atoms with Crippen molar-refractivity contribution in [3.05, 3.63) is 11.6 Å². The van der Waals surface area contributed by atoms with Gasteiger partial charge in [0.2, 0.25) is 0 Å². The standard InChI is InChI=1S/C21H37ClINO5S/c1-14(2)7-8-16-20(3,29-16)18-17(27-4)15(28-19(25)24-12-11-22)9-10-21(18,26)13-30(5,6)23/h7,15-18,26H,8-13H2,1-6H3,(H,24,25). The molecule has 6 atom stereocenters. The van der Waals surface area contributed by atoms with Crippen molar-refractivity contribution in [3.8, 4) is 0 Å². The summed E-state index contributed by atoms with van der Waals surface area (Å²) in [5, 5.41) is 14.5. The van der Waals surface area contributed by atoms with Gasteiger partial charge in [0, 0.05) is 31.2 Å². The number of hydrogen-bond donors (Lipinski definition) is 2. The van der Waals surface area contributed by atoms with Gasteiger partial charge in [-0.1, -0.05) is 11.6 Å². The number of halogens is 2. The molecule has 0 aromatic heterocycles. The Hall–Kier alpha value is 0.260. The van der Waals surface area contributed by atoms with Crippen molar-refractivity contribution >= 4 is 46.1 Å². The average molecular weight is 578 g/mol. The van der Waals surface area contributed by atoms with E-state index < -0.39 is 36.7 Å². The summed E-state index contributed by atoms with van der Waals surface area (Å²) >= 11 is 8.12. The molecule has 1 heterocycles. The molecule has 1 saturated heterocycles. The third kappa shape index (κ3) is 6.63. The van der Waals surface area contributed by atoms with E-state index in [2.05, 4.69) is 65.9 Å². The predicted molar refractivity (Wildman–Crippen MR) is 133 cm³/mol. The van der Waals surface area contributed by atoms with Crippen LogP contribution < -0.4 is 5.32 Å². The third-order valence-electron chi connectivity index (χ3n) is 5.96. The zero-order chi connectivity index (χ0) is 22.7. The highest BCUT2D eigenvalue weighted by atomic mass is 127. The maximum atomic E-state index is 12.2. The van der Waals surface area contributed by atoms with Gasteiger partial charge in [-0.05, 0) is 73.8 Å². The van der Waals surface area contributed by atoms with Crippen LogP contribution in [0.15, 0.2) is 11.6 Å². The molecule has 1 aliphatic heterocycles. The smallest absolute Gasteiger partial charge is 0.407 e. The predicted octanol–water partition coefficient (Wildman–Crippen LogP) is 4.40. The number of hydrogen-bond acceptors (Lipinski definition) is 5. The summed E-state index contributed by atoms with van der Waals surface area (Å²) in [6.07, 6.45) is 7.04. The summed E-state index contributed by atoms with van der Waals surface area (Å²) < 4.78 is 17.8. The number of carbonyl (C=O) groups excluding carboxylic acids is 1. The quantitative estimate of drug-likeness (QED) is 0.184. The summed E-state index contributed by atoms with van der Waals surface area (Å²) in [5.74, 6) is 0.706. The number of allylic oxidation sites excluding steroid dienone is 1. The van der Waals surface area contributed by atoms with Crippen LogP contribution in [-0.4, -0.2) is 78.5 Å². The second kappa shape index (κ2) is 10.5. The van der Waals surface area contributed by atoms with Gasteiger partial charge in [0.25, 0.3) is 0 Å². The lowest BCUT2D eigenvalue weighted by molar-refractivity contribution is -0.170. The monoisotopic (exact) mass is 577 g/mol. The lowest BCUT2D eigenvalue weighted by Crippen LogP contribution is -2.62. The molecular weight excluding hydrogens is 541 g/mol. The zero-order valence-electron chi connectivity index (χ0n) is 18.9. The van der Waals surface area contributed by atoms with E-state index in [0.29, 0.717) is 31.0 Å². The summed E-state index contributed by atoms with van der Waals surface area (Å²) in [7, 11) is 0.608. The van der Waals surface area contributed by atoms with Gasteiger partial charge in [0.05, 0.1) is 11.7 Å². The lowest BCUT2D eigenvalue weighted by atomic mass is 9.66. The van der Waals surface area contributed by atoms with Crippen molar-refractivity contribution in [2.45, 2.75) is 69.5 Å². The third-order valence-corrected chi connectivity index (χ3v) is 8.27. The van der Waals surface area contributed by atoms with Crippen LogP contribution in [0.1, 0.15) is 40.0 Å². The van der Waals surface area contributed by atoms with Crippen LogP contribution in [0.2, 0.25) is 0 Å². The van der Waals surface area contributed by atoms with Gasteiger partial charge in [-0.3, -0.25) is 0 Å². The molecule has 2 aliphatic rings. The SMILES string of the molecule is COC1C(OC(=O)NCCCl)CCC(O)(CS(C)(C)I)C1C1(C)OC1CC=C(C)C. The van der Waals surface area contributed by atoms with Crippen molar-refractivity contribution in [3.63, 3.8) is 0 Å². The van der Waals surface area contributed by atoms with Crippen LogP contribution in [0.25, 0.3) is 0 Å². The molecule has 0 aromatic rings. The second-order valence-electron chi connectivity index (χ2n) is 9.23. The van der Waals surface area contributed by atoms with Crippen LogP contribution in [0.3, 0.4) is 0 Å². The number of nitrogens with one attached hydrogen (secondary N) is 1. The second-order valence-corrected chi connectivity index (χ2v) is 19.9. The molecule has 2 N–H and O–H groups in total. The number of alkyl carbamates (subject to hydrolysis) is 1. The van der Waals surface area contributed by atoms with E-state index in [1.165, 1.54) is 5.57 Å². The van der Waals surface area contributed by atoms with E-state index in [-0.39, 0.29) is 12.0 Å². The molecule has 0 bridgehead atoms. The van der Waals surface area contributed by atoms with Gasteiger partial charge < -0.3 is 24.6 Å². The largest absolute Gasteiger partial charge is 0.443 e. The van der Waals surface area contributed by atoms with Crippen molar-refractivity contribution in [2.24, 2.45) is 5.92 Å². The van der Waals surface area contributed by atoms with Gasteiger partial charge in [-0.2, -0.15) is 7.20 Å². The normalized spacial score (nSPS) is 36.7. The van der Waals surface area contributed by atoms with Gasteiger partial charge >= 0.3 is 6.09 Å². The number of amides is 1. The number of methoxy groups -OCH3 is 1. The first-order chi connectivity index (χ1) is 13.9. The van der Waals surface area contributed by atoms with Crippen molar-refractivity contribution in [1.29, 1.82) is 0 Å². The summed E-state index contributed by atoms with van der Waals surface area (Å²) in [6.45, 7) is 6.54. The minimum absolute atomic E-state index is 0.0118. The van der Waals surface area contributed by atoms with Crippen molar-refractivity contribution in [1.82, 2.24) is 5.32 Å². The Kier molecular flexibility index (Phi) is 9.25. The van der Waals surface area contributed by atoms with Gasteiger partial charge in [0.1, 0.15) is 17.8 Å². The Morgan fingerprint density at radius 3 is 2.63 bits per heavy atom. The minimum Gasteiger partial charge on any atom is -0.443 e. The first-order valence-corrected chi connectivity index (χ1v) is 16.0. The van der Waals surface area contributed by atoms with Crippen LogP contribution >= 0.6 is 40.0 Å². The Morgan fingerprint density at radius 2 is 2.10 bits per heavy atom. The number of ether oxygens (including phenoxy) is 3. The Morgan fingerprint density at radius 1 is 1.43 bits per heavy atom. The number of alkyl halides is 1. The van der Waals surface area contributed by atoms with E-state index in [1.807, 2.05) is 0 Å². The molecule has 30 heavy (non-hydrogen) atoms. The minimum atomic E-state index is -1.01. The van der Waals surface area contributed by atoms with Gasteiger partial charge in [-0.25, -0.2) is 4.79 Å². The molecular formula is C21H37ClINO5S. The molecule has 1 amide bonds. The van der Waals surface area contributed by atoms with E-state index >= 15 is 0 Å². The van der Waals surface area contributed by atoms with E-state index in [1.54, 1.807) is 7.11 Å². The summed E-state index contributed by atoms with van der Waals surface area (Å²) in [4.78, 5) is 12.2. The topological polar surface area (TPSA) is 80.3 Å². The van der Waals surface area contributed by atoms with Crippen molar-refractivity contribution in [2.75, 3.05) is 37.8 Å². The fourth-order valence-corrected chi connectivity index (χ4v) is 7.99. The molecule has 1 aliphatic carbocycles. The highest BCUT2D eigenvalue weighted by molar-refractivity contribution is 14.2. The van der Waals surface area contributed by atoms with Crippen LogP contribution in [-0.2, 0) is 14.2 Å². The first-order valence-electron chi connectivity index (χ1n) is 10.3. The molecule has 0 radical (unpaired) electrons. The molecule has 0 spiro atoms. The molecule has 2 fully saturated rings.